The fourth-order valence-electron chi connectivity index (χ4n) is 4.01. The number of unbranched alkanes of at least 4 members (excludes halogenated alkanes) is 3. The Morgan fingerprint density at radius 2 is 1.90 bits per heavy atom. The molecule has 1 N–H and O–H groups in total. The molecule has 1 saturated heterocycles. The lowest BCUT2D eigenvalue weighted by atomic mass is 9.96. The monoisotopic (exact) mass is 402 g/mol. The summed E-state index contributed by atoms with van der Waals surface area (Å²) in [6, 6.07) is 9.52. The van der Waals surface area contributed by atoms with Crippen molar-refractivity contribution in [2.24, 2.45) is 5.92 Å². The van der Waals surface area contributed by atoms with Crippen molar-refractivity contribution >= 4 is 0 Å². The Labute approximate surface area is 172 Å². The molecule has 3 rings (SSSR count). The maximum Gasteiger partial charge on any atom is 0.216 e. The molecule has 1 fully saturated rings. The summed E-state index contributed by atoms with van der Waals surface area (Å²) in [6.45, 7) is 3.49. The number of nitrogens with one attached hydrogen (secondary N) is 1. The first-order valence-corrected chi connectivity index (χ1v) is 10.9. The van der Waals surface area contributed by atoms with E-state index in [0.29, 0.717) is 24.5 Å². The normalized spacial score (nSPS) is 17.2. The molecule has 0 saturated carbocycles. The highest BCUT2D eigenvalue weighted by Gasteiger charge is 2.11. The van der Waals surface area contributed by atoms with Crippen molar-refractivity contribution in [2.75, 3.05) is 19.7 Å². The predicted molar refractivity (Wildman–Crippen MR) is 113 cm³/mol. The number of pyridine rings is 1. The van der Waals surface area contributed by atoms with Crippen molar-refractivity contribution in [1.29, 1.82) is 0 Å². The second-order valence-electron chi connectivity index (χ2n) is 7.97. The summed E-state index contributed by atoms with van der Waals surface area (Å²) in [7, 11) is 0. The molecular weight excluding hydrogens is 370 g/mol. The maximum absolute atomic E-state index is 13.5. The van der Waals surface area contributed by atoms with Gasteiger partial charge in [0.25, 0.3) is 0 Å². The van der Waals surface area contributed by atoms with Gasteiger partial charge in [-0.05, 0) is 50.3 Å². The average Bonchev–Trinajstić information content (AvgIpc) is 2.98. The van der Waals surface area contributed by atoms with Crippen LogP contribution in [0.1, 0.15) is 56.9 Å². The van der Waals surface area contributed by atoms with Crippen LogP contribution < -0.4 is 5.32 Å². The Morgan fingerprint density at radius 1 is 1.03 bits per heavy atom. The van der Waals surface area contributed by atoms with E-state index in [1.807, 2.05) is 24.3 Å². The number of hydrogen-bond donors (Lipinski definition) is 1. The molecule has 0 aliphatic carbocycles. The molecule has 1 unspecified atom stereocenters. The summed E-state index contributed by atoms with van der Waals surface area (Å²) in [5.74, 6) is -0.579. The minimum absolute atomic E-state index is 0.301. The highest BCUT2D eigenvalue weighted by atomic mass is 19.1. The van der Waals surface area contributed by atoms with Gasteiger partial charge in [-0.1, -0.05) is 49.9 Å². The van der Waals surface area contributed by atoms with Crippen LogP contribution in [0.5, 0.6) is 0 Å². The number of ether oxygens (including phenoxy) is 1. The van der Waals surface area contributed by atoms with E-state index in [4.69, 9.17) is 4.74 Å². The van der Waals surface area contributed by atoms with E-state index in [2.05, 4.69) is 10.3 Å². The first-order chi connectivity index (χ1) is 14.2. The topological polar surface area (TPSA) is 34.1 Å². The first kappa shape index (κ1) is 21.8. The number of halogens is 2. The number of aromatic nitrogens is 1. The van der Waals surface area contributed by atoms with Crippen LogP contribution in [0.2, 0.25) is 0 Å². The highest BCUT2D eigenvalue weighted by Crippen LogP contribution is 2.24. The van der Waals surface area contributed by atoms with Crippen molar-refractivity contribution in [2.45, 2.75) is 58.0 Å². The Hall–Kier alpha value is -1.85. The van der Waals surface area contributed by atoms with Crippen LogP contribution in [0.3, 0.4) is 0 Å². The van der Waals surface area contributed by atoms with E-state index in [9.17, 15) is 8.78 Å². The molecule has 2 heterocycles. The van der Waals surface area contributed by atoms with Gasteiger partial charge in [-0.2, -0.15) is 4.39 Å². The van der Waals surface area contributed by atoms with E-state index in [-0.39, 0.29) is 0 Å². The lowest BCUT2D eigenvalue weighted by Gasteiger charge is -2.13. The fourth-order valence-corrected chi connectivity index (χ4v) is 4.01. The summed E-state index contributed by atoms with van der Waals surface area (Å²) >= 11 is 0. The first-order valence-electron chi connectivity index (χ1n) is 10.9. The van der Waals surface area contributed by atoms with Gasteiger partial charge in [0.2, 0.25) is 5.95 Å². The zero-order valence-corrected chi connectivity index (χ0v) is 17.1. The second kappa shape index (κ2) is 12.0. The van der Waals surface area contributed by atoms with Gasteiger partial charge in [0.1, 0.15) is 5.82 Å². The van der Waals surface area contributed by atoms with Crippen molar-refractivity contribution in [3.63, 3.8) is 0 Å². The molecule has 1 aliphatic heterocycles. The zero-order valence-electron chi connectivity index (χ0n) is 17.1. The van der Waals surface area contributed by atoms with Crippen LogP contribution in [0.15, 0.2) is 36.4 Å². The van der Waals surface area contributed by atoms with Gasteiger partial charge in [0.05, 0.1) is 12.3 Å². The molecule has 29 heavy (non-hydrogen) atoms. The molecule has 0 amide bonds. The minimum atomic E-state index is -0.810. The molecule has 1 aromatic carbocycles. The summed E-state index contributed by atoms with van der Waals surface area (Å²) in [5, 5.41) is 3.54. The van der Waals surface area contributed by atoms with Crippen LogP contribution in [0, 0.1) is 17.7 Å². The van der Waals surface area contributed by atoms with E-state index in [1.54, 1.807) is 0 Å². The van der Waals surface area contributed by atoms with E-state index in [1.165, 1.54) is 64.1 Å². The third-order valence-corrected chi connectivity index (χ3v) is 5.61. The van der Waals surface area contributed by atoms with Gasteiger partial charge in [-0.25, -0.2) is 9.37 Å². The lowest BCUT2D eigenvalue weighted by molar-refractivity contribution is 0.117. The molecule has 0 spiro atoms. The Kier molecular flexibility index (Phi) is 9.03. The van der Waals surface area contributed by atoms with Gasteiger partial charge >= 0.3 is 0 Å². The quantitative estimate of drug-likeness (QED) is 0.398. The zero-order chi connectivity index (χ0) is 20.3. The summed E-state index contributed by atoms with van der Waals surface area (Å²) in [5.41, 5.74) is 1.91. The predicted octanol–water partition coefficient (Wildman–Crippen LogP) is 5.88. The van der Waals surface area contributed by atoms with Crippen LogP contribution in [0.25, 0.3) is 11.3 Å². The summed E-state index contributed by atoms with van der Waals surface area (Å²) in [6.07, 6.45) is 10.2. The number of benzene rings is 1. The standard InChI is InChI=1S/C24H32F2N2O/c25-21-15-23(28-24(26)16-21)22-12-5-4-11-20(22)18-29-14-8-2-1-3-9-19-10-6-7-13-27-17-19/h4-5,11-12,15-16,19,27H,1-3,6-10,13-14,17-18H2. The SMILES string of the molecule is Fc1cc(F)nc(-c2ccccc2COCCCCCCC2CCCCNC2)c1. The van der Waals surface area contributed by atoms with Gasteiger partial charge in [0, 0.05) is 24.3 Å². The molecule has 0 bridgehead atoms. The van der Waals surface area contributed by atoms with E-state index >= 15 is 0 Å². The maximum atomic E-state index is 13.5. The van der Waals surface area contributed by atoms with Crippen LogP contribution in [0.4, 0.5) is 8.78 Å². The van der Waals surface area contributed by atoms with E-state index in [0.717, 1.165) is 24.0 Å². The Balaban J connectivity index is 1.36. The van der Waals surface area contributed by atoms with Crippen LogP contribution in [-0.4, -0.2) is 24.7 Å². The van der Waals surface area contributed by atoms with Crippen molar-refractivity contribution < 1.29 is 13.5 Å². The number of hydrogen-bond acceptors (Lipinski definition) is 3. The van der Waals surface area contributed by atoms with Crippen molar-refractivity contribution in [3.8, 4) is 11.3 Å². The molecule has 0 radical (unpaired) electrons. The van der Waals surface area contributed by atoms with E-state index < -0.39 is 11.8 Å². The third kappa shape index (κ3) is 7.48. The molecule has 2 aromatic rings. The summed E-state index contributed by atoms with van der Waals surface area (Å²) < 4.78 is 32.8. The molecule has 1 atom stereocenters. The van der Waals surface area contributed by atoms with Crippen molar-refractivity contribution in [3.05, 3.63) is 53.7 Å². The molecule has 5 heteroatoms. The molecule has 3 nitrogen and oxygen atoms in total. The molecule has 158 valence electrons. The smallest absolute Gasteiger partial charge is 0.216 e. The molecular formula is C24H32F2N2O. The summed E-state index contributed by atoms with van der Waals surface area (Å²) in [4.78, 5) is 3.82. The molecule has 1 aliphatic rings. The van der Waals surface area contributed by atoms with Crippen LogP contribution >= 0.6 is 0 Å². The number of rotatable bonds is 10. The van der Waals surface area contributed by atoms with Crippen LogP contribution in [-0.2, 0) is 11.3 Å². The fraction of sp³-hybridized carbons (Fsp3) is 0.542. The Morgan fingerprint density at radius 3 is 2.79 bits per heavy atom. The average molecular weight is 403 g/mol. The second-order valence-corrected chi connectivity index (χ2v) is 7.97. The Bertz CT molecular complexity index is 725. The van der Waals surface area contributed by atoms with Gasteiger partial charge in [-0.3, -0.25) is 0 Å². The van der Waals surface area contributed by atoms with Gasteiger partial charge in [-0.15, -0.1) is 0 Å². The highest BCUT2D eigenvalue weighted by molar-refractivity contribution is 5.63. The third-order valence-electron chi connectivity index (χ3n) is 5.61. The van der Waals surface area contributed by atoms with Crippen molar-refractivity contribution in [1.82, 2.24) is 10.3 Å². The largest absolute Gasteiger partial charge is 0.377 e. The lowest BCUT2D eigenvalue weighted by Crippen LogP contribution is -2.20. The number of nitrogens with zero attached hydrogens (tertiary/aromatic N) is 1. The van der Waals surface area contributed by atoms with Gasteiger partial charge in [0.15, 0.2) is 0 Å². The van der Waals surface area contributed by atoms with Gasteiger partial charge < -0.3 is 10.1 Å². The minimum Gasteiger partial charge on any atom is -0.377 e. The molecule has 1 aromatic heterocycles.